The monoisotopic (exact) mass is 290 g/mol. The molecular formula is C18H30N2O. The first-order chi connectivity index (χ1) is 10.2. The SMILES string of the molecule is CNC(CCN1CCCC(CCO)C1)c1ccc(C)cc1. The van der Waals surface area contributed by atoms with E-state index in [0.29, 0.717) is 18.6 Å². The number of aliphatic hydroxyl groups is 1. The maximum atomic E-state index is 9.10. The van der Waals surface area contributed by atoms with Gasteiger partial charge in [-0.05, 0) is 64.2 Å². The summed E-state index contributed by atoms with van der Waals surface area (Å²) in [7, 11) is 2.05. The molecule has 1 saturated heterocycles. The quantitative estimate of drug-likeness (QED) is 0.810. The Morgan fingerprint density at radius 2 is 2.10 bits per heavy atom. The molecule has 2 N–H and O–H groups in total. The predicted octanol–water partition coefficient (Wildman–Crippen LogP) is 2.74. The molecule has 0 radical (unpaired) electrons. The Labute approximate surface area is 129 Å². The number of aliphatic hydroxyl groups excluding tert-OH is 1. The Bertz CT molecular complexity index is 402. The van der Waals surface area contributed by atoms with E-state index in [9.17, 15) is 0 Å². The summed E-state index contributed by atoms with van der Waals surface area (Å²) < 4.78 is 0. The highest BCUT2D eigenvalue weighted by Gasteiger charge is 2.20. The molecule has 0 amide bonds. The van der Waals surface area contributed by atoms with Crippen LogP contribution in [0.5, 0.6) is 0 Å². The lowest BCUT2D eigenvalue weighted by atomic mass is 9.94. The van der Waals surface area contributed by atoms with Gasteiger partial charge in [0.15, 0.2) is 0 Å². The second-order valence-electron chi connectivity index (χ2n) is 6.36. The van der Waals surface area contributed by atoms with Crippen LogP contribution < -0.4 is 5.32 Å². The predicted molar refractivity (Wildman–Crippen MR) is 88.5 cm³/mol. The Morgan fingerprint density at radius 1 is 1.33 bits per heavy atom. The molecular weight excluding hydrogens is 260 g/mol. The number of nitrogens with one attached hydrogen (secondary N) is 1. The maximum Gasteiger partial charge on any atom is 0.0434 e. The van der Waals surface area contributed by atoms with Gasteiger partial charge in [0.25, 0.3) is 0 Å². The van der Waals surface area contributed by atoms with Crippen LogP contribution in [0.4, 0.5) is 0 Å². The topological polar surface area (TPSA) is 35.5 Å². The summed E-state index contributed by atoms with van der Waals surface area (Å²) in [6, 6.07) is 9.29. The number of rotatable bonds is 7. The number of hydrogen-bond acceptors (Lipinski definition) is 3. The number of hydrogen-bond donors (Lipinski definition) is 2. The van der Waals surface area contributed by atoms with E-state index in [1.807, 2.05) is 0 Å². The average molecular weight is 290 g/mol. The van der Waals surface area contributed by atoms with Gasteiger partial charge in [-0.15, -0.1) is 0 Å². The molecule has 3 heteroatoms. The van der Waals surface area contributed by atoms with E-state index in [4.69, 9.17) is 5.11 Å². The van der Waals surface area contributed by atoms with Crippen LogP contribution in [0.1, 0.15) is 42.9 Å². The Morgan fingerprint density at radius 3 is 2.76 bits per heavy atom. The first-order valence-electron chi connectivity index (χ1n) is 8.30. The molecule has 2 atom stereocenters. The van der Waals surface area contributed by atoms with Crippen LogP contribution in [0.3, 0.4) is 0 Å². The van der Waals surface area contributed by atoms with Crippen molar-refractivity contribution in [1.82, 2.24) is 10.2 Å². The van der Waals surface area contributed by atoms with Crippen molar-refractivity contribution in [2.24, 2.45) is 5.92 Å². The molecule has 0 spiro atoms. The second kappa shape index (κ2) is 8.52. The first-order valence-corrected chi connectivity index (χ1v) is 8.30. The molecule has 1 aliphatic heterocycles. The molecule has 21 heavy (non-hydrogen) atoms. The van der Waals surface area contributed by atoms with Crippen LogP contribution in [0, 0.1) is 12.8 Å². The summed E-state index contributed by atoms with van der Waals surface area (Å²) in [5, 5.41) is 12.6. The summed E-state index contributed by atoms with van der Waals surface area (Å²) in [5.41, 5.74) is 2.70. The van der Waals surface area contributed by atoms with E-state index in [2.05, 4.69) is 48.5 Å². The average Bonchev–Trinajstić information content (AvgIpc) is 2.50. The lowest BCUT2D eigenvalue weighted by Gasteiger charge is -2.33. The van der Waals surface area contributed by atoms with Crippen LogP contribution in [-0.2, 0) is 0 Å². The third-order valence-electron chi connectivity index (χ3n) is 4.70. The van der Waals surface area contributed by atoms with E-state index in [-0.39, 0.29) is 0 Å². The molecule has 1 aliphatic rings. The van der Waals surface area contributed by atoms with Crippen molar-refractivity contribution in [3.8, 4) is 0 Å². The summed E-state index contributed by atoms with van der Waals surface area (Å²) in [6.07, 6.45) is 4.67. The normalized spacial score (nSPS) is 21.4. The van der Waals surface area contributed by atoms with E-state index in [0.717, 1.165) is 25.9 Å². The fraction of sp³-hybridized carbons (Fsp3) is 0.667. The second-order valence-corrected chi connectivity index (χ2v) is 6.36. The molecule has 0 bridgehead atoms. The van der Waals surface area contributed by atoms with Crippen LogP contribution in [-0.4, -0.2) is 43.3 Å². The molecule has 118 valence electrons. The molecule has 1 aromatic rings. The van der Waals surface area contributed by atoms with Crippen molar-refractivity contribution < 1.29 is 5.11 Å². The minimum atomic E-state index is 0.334. The zero-order valence-corrected chi connectivity index (χ0v) is 13.5. The van der Waals surface area contributed by atoms with Gasteiger partial charge in [0.2, 0.25) is 0 Å². The zero-order chi connectivity index (χ0) is 15.1. The van der Waals surface area contributed by atoms with Crippen molar-refractivity contribution >= 4 is 0 Å². The van der Waals surface area contributed by atoms with E-state index >= 15 is 0 Å². The minimum Gasteiger partial charge on any atom is -0.396 e. The molecule has 2 rings (SSSR count). The lowest BCUT2D eigenvalue weighted by Crippen LogP contribution is -2.37. The van der Waals surface area contributed by atoms with E-state index in [1.165, 1.54) is 30.5 Å². The largest absolute Gasteiger partial charge is 0.396 e. The van der Waals surface area contributed by atoms with Gasteiger partial charge < -0.3 is 15.3 Å². The van der Waals surface area contributed by atoms with Crippen molar-refractivity contribution in [3.05, 3.63) is 35.4 Å². The van der Waals surface area contributed by atoms with Gasteiger partial charge in [0.1, 0.15) is 0 Å². The van der Waals surface area contributed by atoms with Crippen LogP contribution in [0.15, 0.2) is 24.3 Å². The Kier molecular flexibility index (Phi) is 6.68. The number of nitrogens with zero attached hydrogens (tertiary/aromatic N) is 1. The van der Waals surface area contributed by atoms with Crippen molar-refractivity contribution in [1.29, 1.82) is 0 Å². The van der Waals surface area contributed by atoms with Gasteiger partial charge in [-0.2, -0.15) is 0 Å². The highest BCUT2D eigenvalue weighted by molar-refractivity contribution is 5.24. The fourth-order valence-electron chi connectivity index (χ4n) is 3.36. The Hall–Kier alpha value is -0.900. The summed E-state index contributed by atoms with van der Waals surface area (Å²) in [4.78, 5) is 2.57. The van der Waals surface area contributed by atoms with Crippen LogP contribution in [0.2, 0.25) is 0 Å². The van der Waals surface area contributed by atoms with E-state index < -0.39 is 0 Å². The number of piperidine rings is 1. The third kappa shape index (κ3) is 5.10. The van der Waals surface area contributed by atoms with Gasteiger partial charge >= 0.3 is 0 Å². The molecule has 0 aliphatic carbocycles. The maximum absolute atomic E-state index is 9.10. The standard InChI is InChI=1S/C18H30N2O/c1-15-5-7-17(8-6-15)18(19-2)9-12-20-11-3-4-16(14-20)10-13-21/h5-8,16,18-19,21H,3-4,9-14H2,1-2H3. The molecule has 1 aromatic carbocycles. The van der Waals surface area contributed by atoms with E-state index in [1.54, 1.807) is 0 Å². The Balaban J connectivity index is 1.83. The van der Waals surface area contributed by atoms with Crippen molar-refractivity contribution in [2.75, 3.05) is 33.3 Å². The number of aryl methyl sites for hydroxylation is 1. The number of benzene rings is 1. The summed E-state index contributed by atoms with van der Waals surface area (Å²) in [6.45, 7) is 5.98. The van der Waals surface area contributed by atoms with Crippen molar-refractivity contribution in [3.63, 3.8) is 0 Å². The molecule has 1 heterocycles. The molecule has 3 nitrogen and oxygen atoms in total. The highest BCUT2D eigenvalue weighted by Crippen LogP contribution is 2.22. The highest BCUT2D eigenvalue weighted by atomic mass is 16.3. The number of likely N-dealkylation sites (tertiary alicyclic amines) is 1. The van der Waals surface area contributed by atoms with Gasteiger partial charge in [-0.25, -0.2) is 0 Å². The van der Waals surface area contributed by atoms with Crippen molar-refractivity contribution in [2.45, 2.75) is 38.6 Å². The summed E-state index contributed by atoms with van der Waals surface area (Å²) in [5.74, 6) is 0.691. The van der Waals surface area contributed by atoms with Gasteiger partial charge in [-0.1, -0.05) is 29.8 Å². The molecule has 0 saturated carbocycles. The molecule has 2 unspecified atom stereocenters. The van der Waals surface area contributed by atoms with Crippen LogP contribution in [0.25, 0.3) is 0 Å². The van der Waals surface area contributed by atoms with Crippen LogP contribution >= 0.6 is 0 Å². The van der Waals surface area contributed by atoms with Gasteiger partial charge in [0, 0.05) is 19.2 Å². The zero-order valence-electron chi connectivity index (χ0n) is 13.5. The third-order valence-corrected chi connectivity index (χ3v) is 4.70. The molecule has 0 aromatic heterocycles. The fourth-order valence-corrected chi connectivity index (χ4v) is 3.36. The van der Waals surface area contributed by atoms with Gasteiger partial charge in [-0.3, -0.25) is 0 Å². The van der Waals surface area contributed by atoms with Gasteiger partial charge in [0.05, 0.1) is 0 Å². The lowest BCUT2D eigenvalue weighted by molar-refractivity contribution is 0.143. The first kappa shape index (κ1) is 16.5. The molecule has 1 fully saturated rings. The minimum absolute atomic E-state index is 0.334. The summed E-state index contributed by atoms with van der Waals surface area (Å²) >= 11 is 0. The smallest absolute Gasteiger partial charge is 0.0434 e.